The first-order valence-electron chi connectivity index (χ1n) is 4.07. The molecule has 0 amide bonds. The van der Waals surface area contributed by atoms with Gasteiger partial charge in [-0.1, -0.05) is 0 Å². The smallest absolute Gasteiger partial charge is 0.325 e. The third-order valence-corrected chi connectivity index (χ3v) is 4.25. The highest BCUT2D eigenvalue weighted by Crippen LogP contribution is 2.51. The SMILES string of the molecule is CS(=O)(=O)N1CC2CC1(C(=O)O)C2. The Morgan fingerprint density at radius 1 is 1.54 bits per heavy atom. The molecule has 0 aromatic heterocycles. The van der Waals surface area contributed by atoms with E-state index in [4.69, 9.17) is 5.11 Å². The largest absolute Gasteiger partial charge is 0.480 e. The van der Waals surface area contributed by atoms with Crippen LogP contribution in [-0.4, -0.2) is 42.1 Å². The molecule has 0 spiro atoms. The van der Waals surface area contributed by atoms with Crippen molar-refractivity contribution in [1.29, 1.82) is 0 Å². The van der Waals surface area contributed by atoms with E-state index in [1.807, 2.05) is 0 Å². The van der Waals surface area contributed by atoms with Crippen molar-refractivity contribution >= 4 is 16.0 Å². The molecule has 0 aromatic rings. The monoisotopic (exact) mass is 205 g/mol. The standard InChI is InChI=1S/C7H11NO4S/c1-13(11,12)8-4-5-2-7(8,3-5)6(9)10/h5H,2-4H2,1H3,(H,9,10). The van der Waals surface area contributed by atoms with E-state index in [9.17, 15) is 13.2 Å². The van der Waals surface area contributed by atoms with E-state index < -0.39 is 21.5 Å². The summed E-state index contributed by atoms with van der Waals surface area (Å²) in [5, 5.41) is 8.94. The van der Waals surface area contributed by atoms with Crippen LogP contribution in [0.2, 0.25) is 0 Å². The van der Waals surface area contributed by atoms with Crippen LogP contribution in [0.25, 0.3) is 0 Å². The molecule has 1 N–H and O–H groups in total. The Bertz CT molecular complexity index is 355. The van der Waals surface area contributed by atoms with E-state index in [0.29, 0.717) is 19.4 Å². The molecule has 2 bridgehead atoms. The number of hydrogen-bond donors (Lipinski definition) is 1. The molecule has 3 aliphatic rings. The minimum Gasteiger partial charge on any atom is -0.480 e. The highest BCUT2D eigenvalue weighted by molar-refractivity contribution is 7.88. The van der Waals surface area contributed by atoms with Crippen LogP contribution in [0.3, 0.4) is 0 Å². The molecule has 1 aliphatic carbocycles. The van der Waals surface area contributed by atoms with E-state index in [2.05, 4.69) is 0 Å². The number of fused-ring (bicyclic) bond motifs is 1. The molecule has 3 rings (SSSR count). The van der Waals surface area contributed by atoms with Crippen molar-refractivity contribution in [2.45, 2.75) is 18.4 Å². The number of carbonyl (C=O) groups is 1. The van der Waals surface area contributed by atoms with E-state index >= 15 is 0 Å². The predicted octanol–water partition coefficient (Wildman–Crippen LogP) is -0.505. The summed E-state index contributed by atoms with van der Waals surface area (Å²) in [7, 11) is -3.36. The van der Waals surface area contributed by atoms with Gasteiger partial charge in [0.1, 0.15) is 5.54 Å². The van der Waals surface area contributed by atoms with Crippen LogP contribution < -0.4 is 0 Å². The fourth-order valence-electron chi connectivity index (χ4n) is 2.37. The second-order valence-corrected chi connectivity index (χ2v) is 5.81. The third-order valence-electron chi connectivity index (χ3n) is 2.95. The number of carboxylic acid groups (broad SMARTS) is 1. The molecule has 74 valence electrons. The summed E-state index contributed by atoms with van der Waals surface area (Å²) in [4.78, 5) is 10.9. The summed E-state index contributed by atoms with van der Waals surface area (Å²) in [6, 6.07) is 0. The summed E-state index contributed by atoms with van der Waals surface area (Å²) in [5.74, 6) is -0.752. The Morgan fingerprint density at radius 2 is 2.08 bits per heavy atom. The summed E-state index contributed by atoms with van der Waals surface area (Å²) >= 11 is 0. The maximum atomic E-state index is 11.2. The number of aliphatic carboxylic acids is 1. The first-order valence-corrected chi connectivity index (χ1v) is 5.92. The number of hydrogen-bond acceptors (Lipinski definition) is 3. The van der Waals surface area contributed by atoms with Gasteiger partial charge in [-0.3, -0.25) is 4.79 Å². The normalized spacial score (nSPS) is 38.7. The zero-order valence-electron chi connectivity index (χ0n) is 7.23. The minimum atomic E-state index is -3.36. The van der Waals surface area contributed by atoms with Crippen LogP contribution in [0.15, 0.2) is 0 Å². The highest BCUT2D eigenvalue weighted by Gasteiger charge is 2.64. The molecule has 3 fully saturated rings. The van der Waals surface area contributed by atoms with Crippen molar-refractivity contribution in [2.24, 2.45) is 5.92 Å². The molecule has 5 nitrogen and oxygen atoms in total. The van der Waals surface area contributed by atoms with Crippen LogP contribution in [0.4, 0.5) is 0 Å². The van der Waals surface area contributed by atoms with Gasteiger partial charge < -0.3 is 5.11 Å². The second-order valence-electron chi connectivity index (χ2n) is 3.91. The molecule has 0 aromatic carbocycles. The van der Waals surface area contributed by atoms with Crippen molar-refractivity contribution in [1.82, 2.24) is 4.31 Å². The van der Waals surface area contributed by atoms with Crippen molar-refractivity contribution in [3.63, 3.8) is 0 Å². The molecule has 6 heteroatoms. The lowest BCUT2D eigenvalue weighted by Crippen LogP contribution is -2.54. The Hall–Kier alpha value is -0.620. The fraction of sp³-hybridized carbons (Fsp3) is 0.857. The molecule has 2 heterocycles. The van der Waals surface area contributed by atoms with Crippen LogP contribution >= 0.6 is 0 Å². The molecular formula is C7H11NO4S. The summed E-state index contributed by atoms with van der Waals surface area (Å²) in [6.45, 7) is 0.380. The number of nitrogens with zero attached hydrogens (tertiary/aromatic N) is 1. The lowest BCUT2D eigenvalue weighted by Gasteiger charge is -2.36. The molecule has 0 radical (unpaired) electrons. The van der Waals surface area contributed by atoms with Gasteiger partial charge in [-0.25, -0.2) is 8.42 Å². The molecule has 2 saturated heterocycles. The molecular weight excluding hydrogens is 194 g/mol. The van der Waals surface area contributed by atoms with E-state index in [1.165, 1.54) is 0 Å². The number of rotatable bonds is 2. The highest BCUT2D eigenvalue weighted by atomic mass is 32.2. The Kier molecular flexibility index (Phi) is 1.55. The average Bonchev–Trinajstić information content (AvgIpc) is 2.33. The van der Waals surface area contributed by atoms with Gasteiger partial charge in [0.05, 0.1) is 6.26 Å². The zero-order valence-corrected chi connectivity index (χ0v) is 8.04. The first kappa shape index (κ1) is 8.96. The van der Waals surface area contributed by atoms with Gasteiger partial charge in [0.15, 0.2) is 0 Å². The summed E-state index contributed by atoms with van der Waals surface area (Å²) in [5.41, 5.74) is -1.10. The van der Waals surface area contributed by atoms with Gasteiger partial charge in [-0.05, 0) is 18.8 Å². The zero-order chi connectivity index (χ0) is 9.85. The van der Waals surface area contributed by atoms with Gasteiger partial charge in [-0.2, -0.15) is 4.31 Å². The molecule has 1 saturated carbocycles. The fourth-order valence-corrected chi connectivity index (χ4v) is 3.72. The van der Waals surface area contributed by atoms with Gasteiger partial charge in [0.25, 0.3) is 0 Å². The molecule has 0 unspecified atom stereocenters. The predicted molar refractivity (Wildman–Crippen MR) is 44.6 cm³/mol. The first-order chi connectivity index (χ1) is 5.86. The third kappa shape index (κ3) is 1.02. The molecule has 2 aliphatic heterocycles. The van der Waals surface area contributed by atoms with Crippen LogP contribution in [0, 0.1) is 5.92 Å². The van der Waals surface area contributed by atoms with E-state index in [1.54, 1.807) is 0 Å². The average molecular weight is 205 g/mol. The van der Waals surface area contributed by atoms with Crippen molar-refractivity contribution < 1.29 is 18.3 Å². The molecule has 13 heavy (non-hydrogen) atoms. The van der Waals surface area contributed by atoms with Crippen molar-refractivity contribution in [3.8, 4) is 0 Å². The lowest BCUT2D eigenvalue weighted by atomic mass is 9.74. The molecule has 0 atom stereocenters. The van der Waals surface area contributed by atoms with Crippen molar-refractivity contribution in [3.05, 3.63) is 0 Å². The minimum absolute atomic E-state index is 0.255. The number of sulfonamides is 1. The summed E-state index contributed by atoms with van der Waals surface area (Å²) < 4.78 is 23.6. The Balaban J connectivity index is 2.38. The van der Waals surface area contributed by atoms with Crippen LogP contribution in [0.1, 0.15) is 12.8 Å². The van der Waals surface area contributed by atoms with Gasteiger partial charge in [-0.15, -0.1) is 0 Å². The second kappa shape index (κ2) is 2.24. The lowest BCUT2D eigenvalue weighted by molar-refractivity contribution is -0.150. The van der Waals surface area contributed by atoms with Crippen LogP contribution in [-0.2, 0) is 14.8 Å². The topological polar surface area (TPSA) is 74.7 Å². The van der Waals surface area contributed by atoms with Gasteiger partial charge >= 0.3 is 5.97 Å². The van der Waals surface area contributed by atoms with Gasteiger partial charge in [0, 0.05) is 6.54 Å². The maximum Gasteiger partial charge on any atom is 0.325 e. The van der Waals surface area contributed by atoms with E-state index in [0.717, 1.165) is 10.6 Å². The van der Waals surface area contributed by atoms with Crippen molar-refractivity contribution in [2.75, 3.05) is 12.8 Å². The van der Waals surface area contributed by atoms with Crippen LogP contribution in [0.5, 0.6) is 0 Å². The summed E-state index contributed by atoms with van der Waals surface area (Å²) in [6.07, 6.45) is 2.03. The van der Waals surface area contributed by atoms with Gasteiger partial charge in [0.2, 0.25) is 10.0 Å². The number of carboxylic acids is 1. The van der Waals surface area contributed by atoms with E-state index in [-0.39, 0.29) is 5.92 Å². The Labute approximate surface area is 76.4 Å². The Morgan fingerprint density at radius 3 is 2.38 bits per heavy atom. The maximum absolute atomic E-state index is 11.2. The quantitative estimate of drug-likeness (QED) is 0.659.